The number of piperidine rings is 1. The molecule has 1 atom stereocenters. The highest BCUT2D eigenvalue weighted by molar-refractivity contribution is 5.87. The first-order valence-corrected chi connectivity index (χ1v) is 5.68. The molecular weight excluding hydrogens is 194 g/mol. The summed E-state index contributed by atoms with van der Waals surface area (Å²) >= 11 is 0. The first kappa shape index (κ1) is 10.5. The van der Waals surface area contributed by atoms with Gasteiger partial charge in [0.05, 0.1) is 11.3 Å². The van der Waals surface area contributed by atoms with Gasteiger partial charge in [-0.2, -0.15) is 0 Å². The molecule has 1 saturated heterocycles. The summed E-state index contributed by atoms with van der Waals surface area (Å²) in [5.74, 6) is -1.13. The maximum atomic E-state index is 11.7. The van der Waals surface area contributed by atoms with E-state index in [0.29, 0.717) is 19.4 Å². The standard InChI is InChI=1S/C11H17NO3/c13-9-8(4-3-7-12-9)11(10(14)15)5-1-2-6-11/h8H,1-7H2,(H,12,13)(H,14,15). The van der Waals surface area contributed by atoms with Crippen molar-refractivity contribution in [1.29, 1.82) is 0 Å². The van der Waals surface area contributed by atoms with Gasteiger partial charge in [0, 0.05) is 6.54 Å². The normalized spacial score (nSPS) is 29.9. The Hall–Kier alpha value is -1.06. The van der Waals surface area contributed by atoms with Gasteiger partial charge in [0.2, 0.25) is 5.91 Å². The predicted molar refractivity (Wildman–Crippen MR) is 54.3 cm³/mol. The Bertz CT molecular complexity index is 282. The second-order valence-electron chi connectivity index (χ2n) is 4.65. The number of carboxylic acid groups (broad SMARTS) is 1. The van der Waals surface area contributed by atoms with E-state index in [1.165, 1.54) is 0 Å². The molecule has 1 amide bonds. The average Bonchev–Trinajstić information content (AvgIpc) is 2.68. The lowest BCUT2D eigenvalue weighted by atomic mass is 9.70. The van der Waals surface area contributed by atoms with Gasteiger partial charge in [-0.1, -0.05) is 12.8 Å². The van der Waals surface area contributed by atoms with Crippen LogP contribution < -0.4 is 5.32 Å². The van der Waals surface area contributed by atoms with Crippen molar-refractivity contribution in [3.63, 3.8) is 0 Å². The predicted octanol–water partition coefficient (Wildman–Crippen LogP) is 1.16. The van der Waals surface area contributed by atoms with E-state index >= 15 is 0 Å². The van der Waals surface area contributed by atoms with Gasteiger partial charge in [0.15, 0.2) is 0 Å². The second kappa shape index (κ2) is 3.83. The smallest absolute Gasteiger partial charge is 0.310 e. The number of carbonyl (C=O) groups is 2. The zero-order chi connectivity index (χ0) is 10.9. The van der Waals surface area contributed by atoms with Crippen LogP contribution in [0.25, 0.3) is 0 Å². The third-order valence-electron chi connectivity index (χ3n) is 3.87. The Morgan fingerprint density at radius 3 is 2.53 bits per heavy atom. The van der Waals surface area contributed by atoms with Crippen molar-refractivity contribution in [3.05, 3.63) is 0 Å². The van der Waals surface area contributed by atoms with Gasteiger partial charge < -0.3 is 10.4 Å². The minimum absolute atomic E-state index is 0.0504. The molecule has 1 aliphatic heterocycles. The molecule has 2 aliphatic rings. The maximum absolute atomic E-state index is 11.7. The fraction of sp³-hybridized carbons (Fsp3) is 0.818. The molecule has 0 bridgehead atoms. The quantitative estimate of drug-likeness (QED) is 0.720. The number of carbonyl (C=O) groups excluding carboxylic acids is 1. The van der Waals surface area contributed by atoms with Crippen molar-refractivity contribution in [1.82, 2.24) is 5.32 Å². The fourth-order valence-electron chi connectivity index (χ4n) is 3.02. The van der Waals surface area contributed by atoms with Gasteiger partial charge in [0.25, 0.3) is 0 Å². The van der Waals surface area contributed by atoms with Gasteiger partial charge in [-0.15, -0.1) is 0 Å². The van der Waals surface area contributed by atoms with Gasteiger partial charge >= 0.3 is 5.97 Å². The van der Waals surface area contributed by atoms with Crippen LogP contribution in [-0.2, 0) is 9.59 Å². The number of aliphatic carboxylic acids is 1. The summed E-state index contributed by atoms with van der Waals surface area (Å²) in [4.78, 5) is 23.1. The molecule has 2 rings (SSSR count). The Kier molecular flexibility index (Phi) is 2.67. The van der Waals surface area contributed by atoms with Crippen LogP contribution in [0.2, 0.25) is 0 Å². The Labute approximate surface area is 89.0 Å². The van der Waals surface area contributed by atoms with Crippen molar-refractivity contribution in [3.8, 4) is 0 Å². The molecule has 4 nitrogen and oxygen atoms in total. The highest BCUT2D eigenvalue weighted by Crippen LogP contribution is 2.47. The molecule has 0 aromatic heterocycles. The van der Waals surface area contributed by atoms with Crippen molar-refractivity contribution in [2.45, 2.75) is 38.5 Å². The molecule has 0 aromatic carbocycles. The first-order valence-electron chi connectivity index (χ1n) is 5.68. The van der Waals surface area contributed by atoms with Crippen LogP contribution in [-0.4, -0.2) is 23.5 Å². The van der Waals surface area contributed by atoms with E-state index in [4.69, 9.17) is 0 Å². The lowest BCUT2D eigenvalue weighted by molar-refractivity contribution is -0.157. The van der Waals surface area contributed by atoms with E-state index in [1.807, 2.05) is 0 Å². The van der Waals surface area contributed by atoms with E-state index in [9.17, 15) is 14.7 Å². The molecule has 4 heteroatoms. The number of nitrogens with one attached hydrogen (secondary N) is 1. The molecule has 0 aromatic rings. The Balaban J connectivity index is 2.23. The van der Waals surface area contributed by atoms with Crippen LogP contribution >= 0.6 is 0 Å². The number of hydrogen-bond acceptors (Lipinski definition) is 2. The van der Waals surface area contributed by atoms with Crippen LogP contribution in [0.5, 0.6) is 0 Å². The Morgan fingerprint density at radius 1 is 1.33 bits per heavy atom. The van der Waals surface area contributed by atoms with Gasteiger partial charge in [-0.25, -0.2) is 0 Å². The van der Waals surface area contributed by atoms with Crippen LogP contribution in [0.1, 0.15) is 38.5 Å². The van der Waals surface area contributed by atoms with Crippen molar-refractivity contribution in [2.75, 3.05) is 6.54 Å². The lowest BCUT2D eigenvalue weighted by Crippen LogP contribution is -2.48. The molecule has 15 heavy (non-hydrogen) atoms. The summed E-state index contributed by atoms with van der Waals surface area (Å²) in [6.45, 7) is 0.699. The van der Waals surface area contributed by atoms with Crippen molar-refractivity contribution < 1.29 is 14.7 Å². The summed E-state index contributed by atoms with van der Waals surface area (Å²) < 4.78 is 0. The molecule has 1 unspecified atom stereocenters. The van der Waals surface area contributed by atoms with Gasteiger partial charge in [-0.05, 0) is 25.7 Å². The van der Waals surface area contributed by atoms with E-state index < -0.39 is 11.4 Å². The van der Waals surface area contributed by atoms with Crippen LogP contribution in [0.15, 0.2) is 0 Å². The van der Waals surface area contributed by atoms with Gasteiger partial charge in [-0.3, -0.25) is 9.59 Å². The zero-order valence-electron chi connectivity index (χ0n) is 8.79. The van der Waals surface area contributed by atoms with Crippen LogP contribution in [0.3, 0.4) is 0 Å². The van der Waals surface area contributed by atoms with E-state index in [-0.39, 0.29) is 11.8 Å². The summed E-state index contributed by atoms with van der Waals surface area (Å²) in [6.07, 6.45) is 4.86. The molecular formula is C11H17NO3. The lowest BCUT2D eigenvalue weighted by Gasteiger charge is -2.35. The summed E-state index contributed by atoms with van der Waals surface area (Å²) in [7, 11) is 0. The zero-order valence-corrected chi connectivity index (χ0v) is 8.79. The van der Waals surface area contributed by atoms with E-state index in [1.54, 1.807) is 0 Å². The number of hydrogen-bond donors (Lipinski definition) is 2. The third kappa shape index (κ3) is 1.62. The molecule has 1 saturated carbocycles. The van der Waals surface area contributed by atoms with E-state index in [0.717, 1.165) is 25.7 Å². The third-order valence-corrected chi connectivity index (χ3v) is 3.87. The minimum Gasteiger partial charge on any atom is -0.481 e. The highest BCUT2D eigenvalue weighted by atomic mass is 16.4. The summed E-state index contributed by atoms with van der Waals surface area (Å²) in [6, 6.07) is 0. The largest absolute Gasteiger partial charge is 0.481 e. The molecule has 2 N–H and O–H groups in total. The molecule has 1 heterocycles. The summed E-state index contributed by atoms with van der Waals surface area (Å²) in [5, 5.41) is 12.1. The first-order chi connectivity index (χ1) is 7.17. The van der Waals surface area contributed by atoms with Gasteiger partial charge in [0.1, 0.15) is 0 Å². The molecule has 84 valence electrons. The fourth-order valence-corrected chi connectivity index (χ4v) is 3.02. The highest BCUT2D eigenvalue weighted by Gasteiger charge is 2.51. The number of rotatable bonds is 2. The topological polar surface area (TPSA) is 66.4 Å². The maximum Gasteiger partial charge on any atom is 0.310 e. The molecule has 0 radical (unpaired) electrons. The monoisotopic (exact) mass is 211 g/mol. The number of amides is 1. The van der Waals surface area contributed by atoms with Crippen molar-refractivity contribution in [2.24, 2.45) is 11.3 Å². The molecule has 2 fully saturated rings. The summed E-state index contributed by atoms with van der Waals surface area (Å²) in [5.41, 5.74) is -0.759. The minimum atomic E-state index is -0.776. The number of carboxylic acids is 1. The second-order valence-corrected chi connectivity index (χ2v) is 4.65. The van der Waals surface area contributed by atoms with Crippen LogP contribution in [0, 0.1) is 11.3 Å². The Morgan fingerprint density at radius 2 is 2.00 bits per heavy atom. The van der Waals surface area contributed by atoms with E-state index in [2.05, 4.69) is 5.32 Å². The van der Waals surface area contributed by atoms with Crippen LogP contribution in [0.4, 0.5) is 0 Å². The average molecular weight is 211 g/mol. The SMILES string of the molecule is O=C1NCCCC1C1(C(=O)O)CCCC1. The molecule has 0 spiro atoms. The van der Waals surface area contributed by atoms with Crippen molar-refractivity contribution >= 4 is 11.9 Å². The molecule has 1 aliphatic carbocycles.